The Balaban J connectivity index is 1.45. The molecule has 3 heterocycles. The van der Waals surface area contributed by atoms with Gasteiger partial charge in [-0.25, -0.2) is 22.9 Å². The van der Waals surface area contributed by atoms with E-state index in [-0.39, 0.29) is 41.4 Å². The first-order valence-corrected chi connectivity index (χ1v) is 9.81. The lowest BCUT2D eigenvalue weighted by molar-refractivity contribution is -0.0384. The van der Waals surface area contributed by atoms with Crippen LogP contribution in [0.25, 0.3) is 11.0 Å². The average molecular weight is 431 g/mol. The number of nitrogens with one attached hydrogen (secondary N) is 2. The minimum absolute atomic E-state index is 0.0254. The third-order valence-corrected chi connectivity index (χ3v) is 5.38. The zero-order valence-electron chi connectivity index (χ0n) is 16.7. The highest BCUT2D eigenvalue weighted by Gasteiger charge is 2.35. The van der Waals surface area contributed by atoms with E-state index in [9.17, 15) is 22.8 Å². The fraction of sp³-hybridized carbons (Fsp3) is 0.333. The summed E-state index contributed by atoms with van der Waals surface area (Å²) in [6, 6.07) is 3.93. The van der Waals surface area contributed by atoms with Crippen molar-refractivity contribution in [1.82, 2.24) is 14.5 Å². The highest BCUT2D eigenvalue weighted by molar-refractivity contribution is 6.07. The van der Waals surface area contributed by atoms with Gasteiger partial charge in [0.25, 0.3) is 0 Å². The molecule has 4 rings (SSSR count). The molecule has 0 radical (unpaired) electrons. The van der Waals surface area contributed by atoms with E-state index >= 15 is 0 Å². The van der Waals surface area contributed by atoms with Crippen LogP contribution in [0.1, 0.15) is 49.0 Å². The maximum absolute atomic E-state index is 13.6. The number of carbonyl (C=O) groups excluding carboxylic acids is 2. The molecule has 1 fully saturated rings. The molecule has 0 atom stereocenters. The number of aromatic nitrogens is 3. The standard InChI is InChI=1S/C21H20F3N5O2/c1-12(30)29-11-18(16-8-14(22)9-26-19(16)29)28-20(31)27-15-2-3-17(25-10-15)13-4-6-21(23,24)7-5-13/h2-3,8-11,13H,4-7H2,1H3,(H2,27,28,31). The van der Waals surface area contributed by atoms with Crippen molar-refractivity contribution in [1.29, 1.82) is 0 Å². The average Bonchev–Trinajstić information content (AvgIpc) is 3.06. The molecular formula is C21H20F3N5O2. The lowest BCUT2D eigenvalue weighted by atomic mass is 9.84. The normalized spacial score (nSPS) is 16.3. The third kappa shape index (κ3) is 4.52. The summed E-state index contributed by atoms with van der Waals surface area (Å²) in [4.78, 5) is 32.4. The number of pyridine rings is 2. The van der Waals surface area contributed by atoms with Crippen LogP contribution in [0.15, 0.2) is 36.8 Å². The van der Waals surface area contributed by atoms with Gasteiger partial charge in [0.2, 0.25) is 11.8 Å². The van der Waals surface area contributed by atoms with Crippen LogP contribution in [0.3, 0.4) is 0 Å². The molecule has 3 aromatic heterocycles. The molecule has 1 aliphatic rings. The Bertz CT molecular complexity index is 1130. The quantitative estimate of drug-likeness (QED) is 0.599. The fourth-order valence-corrected chi connectivity index (χ4v) is 3.76. The van der Waals surface area contributed by atoms with Crippen LogP contribution in [0.5, 0.6) is 0 Å². The predicted molar refractivity (Wildman–Crippen MR) is 109 cm³/mol. The summed E-state index contributed by atoms with van der Waals surface area (Å²) in [6.45, 7) is 1.33. The monoisotopic (exact) mass is 431 g/mol. The van der Waals surface area contributed by atoms with Gasteiger partial charge in [-0.15, -0.1) is 0 Å². The number of nitrogens with zero attached hydrogens (tertiary/aromatic N) is 3. The van der Waals surface area contributed by atoms with E-state index in [2.05, 4.69) is 20.6 Å². The van der Waals surface area contributed by atoms with Gasteiger partial charge < -0.3 is 10.6 Å². The lowest BCUT2D eigenvalue weighted by Gasteiger charge is -2.27. The zero-order chi connectivity index (χ0) is 22.2. The van der Waals surface area contributed by atoms with E-state index < -0.39 is 17.8 Å². The summed E-state index contributed by atoms with van der Waals surface area (Å²) in [5, 5.41) is 5.48. The summed E-state index contributed by atoms with van der Waals surface area (Å²) in [6.07, 6.45) is 4.28. The molecule has 31 heavy (non-hydrogen) atoms. The Hall–Kier alpha value is -3.43. The predicted octanol–water partition coefficient (Wildman–Crippen LogP) is 5.17. The van der Waals surface area contributed by atoms with Gasteiger partial charge in [0, 0.05) is 43.0 Å². The number of rotatable bonds is 3. The lowest BCUT2D eigenvalue weighted by Crippen LogP contribution is -2.24. The number of amides is 2. The minimum Gasteiger partial charge on any atom is -0.306 e. The Labute approximate surface area is 175 Å². The topological polar surface area (TPSA) is 88.9 Å². The molecule has 2 N–H and O–H groups in total. The number of hydrogen-bond donors (Lipinski definition) is 2. The molecule has 1 saturated carbocycles. The number of carbonyl (C=O) groups is 2. The first-order chi connectivity index (χ1) is 14.7. The van der Waals surface area contributed by atoms with Gasteiger partial charge in [0.15, 0.2) is 0 Å². The number of fused-ring (bicyclic) bond motifs is 1. The van der Waals surface area contributed by atoms with E-state index in [1.54, 1.807) is 12.1 Å². The summed E-state index contributed by atoms with van der Waals surface area (Å²) in [5.74, 6) is -3.56. The molecular weight excluding hydrogens is 411 g/mol. The van der Waals surface area contributed by atoms with Crippen molar-refractivity contribution in [2.45, 2.75) is 44.4 Å². The summed E-state index contributed by atoms with van der Waals surface area (Å²) < 4.78 is 41.5. The molecule has 2 amide bonds. The van der Waals surface area contributed by atoms with Gasteiger partial charge in [-0.05, 0) is 31.0 Å². The fourth-order valence-electron chi connectivity index (χ4n) is 3.76. The molecule has 0 saturated heterocycles. The zero-order valence-corrected chi connectivity index (χ0v) is 16.7. The van der Waals surface area contributed by atoms with E-state index in [1.807, 2.05) is 0 Å². The second kappa shape index (κ2) is 8.01. The van der Waals surface area contributed by atoms with Crippen molar-refractivity contribution in [2.75, 3.05) is 10.6 Å². The van der Waals surface area contributed by atoms with Gasteiger partial charge in [-0.1, -0.05) is 0 Å². The van der Waals surface area contributed by atoms with Gasteiger partial charge in [0.1, 0.15) is 11.5 Å². The van der Waals surface area contributed by atoms with Crippen LogP contribution in [-0.4, -0.2) is 32.4 Å². The van der Waals surface area contributed by atoms with Gasteiger partial charge >= 0.3 is 6.03 Å². The van der Waals surface area contributed by atoms with E-state index in [0.29, 0.717) is 24.2 Å². The number of halogens is 3. The van der Waals surface area contributed by atoms with Crippen LogP contribution in [0.4, 0.5) is 29.3 Å². The van der Waals surface area contributed by atoms with Crippen molar-refractivity contribution in [3.63, 3.8) is 0 Å². The Morgan fingerprint density at radius 1 is 1.13 bits per heavy atom. The highest BCUT2D eigenvalue weighted by atomic mass is 19.3. The molecule has 162 valence electrons. The highest BCUT2D eigenvalue weighted by Crippen LogP contribution is 2.40. The molecule has 0 aromatic carbocycles. The SMILES string of the molecule is CC(=O)n1cc(NC(=O)Nc2ccc(C3CCC(F)(F)CC3)nc2)c2cc(F)cnc21. The summed E-state index contributed by atoms with van der Waals surface area (Å²) >= 11 is 0. The summed E-state index contributed by atoms with van der Waals surface area (Å²) in [7, 11) is 0. The molecule has 7 nitrogen and oxygen atoms in total. The van der Waals surface area contributed by atoms with E-state index in [1.165, 1.54) is 30.0 Å². The summed E-state index contributed by atoms with van der Waals surface area (Å²) in [5.41, 5.74) is 1.57. The van der Waals surface area contributed by atoms with Crippen LogP contribution < -0.4 is 10.6 Å². The largest absolute Gasteiger partial charge is 0.323 e. The van der Waals surface area contributed by atoms with Crippen molar-refractivity contribution in [3.8, 4) is 0 Å². The van der Waals surface area contributed by atoms with Crippen LogP contribution in [0.2, 0.25) is 0 Å². The molecule has 0 unspecified atom stereocenters. The molecule has 0 bridgehead atoms. The molecule has 0 spiro atoms. The van der Waals surface area contributed by atoms with Gasteiger partial charge in [-0.2, -0.15) is 0 Å². The van der Waals surface area contributed by atoms with Gasteiger partial charge in [-0.3, -0.25) is 14.3 Å². The van der Waals surface area contributed by atoms with Crippen molar-refractivity contribution in [2.24, 2.45) is 0 Å². The molecule has 0 aliphatic heterocycles. The van der Waals surface area contributed by atoms with E-state index in [0.717, 1.165) is 6.20 Å². The minimum atomic E-state index is -2.60. The van der Waals surface area contributed by atoms with Gasteiger partial charge in [0.05, 0.1) is 23.8 Å². The second-order valence-corrected chi connectivity index (χ2v) is 7.64. The first kappa shape index (κ1) is 20.8. The number of alkyl halides is 2. The molecule has 1 aliphatic carbocycles. The smallest absolute Gasteiger partial charge is 0.306 e. The number of urea groups is 1. The maximum Gasteiger partial charge on any atom is 0.323 e. The van der Waals surface area contributed by atoms with Crippen LogP contribution in [-0.2, 0) is 0 Å². The van der Waals surface area contributed by atoms with Crippen LogP contribution >= 0.6 is 0 Å². The molecule has 10 heteroatoms. The third-order valence-electron chi connectivity index (χ3n) is 5.38. The Morgan fingerprint density at radius 2 is 1.87 bits per heavy atom. The Kier molecular flexibility index (Phi) is 5.38. The van der Waals surface area contributed by atoms with Crippen LogP contribution in [0, 0.1) is 5.82 Å². The van der Waals surface area contributed by atoms with E-state index in [4.69, 9.17) is 0 Å². The maximum atomic E-state index is 13.6. The number of hydrogen-bond acceptors (Lipinski definition) is 4. The van der Waals surface area contributed by atoms with Crippen molar-refractivity contribution in [3.05, 3.63) is 48.3 Å². The molecule has 3 aromatic rings. The first-order valence-electron chi connectivity index (χ1n) is 9.81. The Morgan fingerprint density at radius 3 is 2.52 bits per heavy atom. The van der Waals surface area contributed by atoms with Crippen molar-refractivity contribution < 1.29 is 22.8 Å². The number of anilines is 2. The second-order valence-electron chi connectivity index (χ2n) is 7.64. The van der Waals surface area contributed by atoms with Crippen molar-refractivity contribution >= 4 is 34.3 Å².